The first-order chi connectivity index (χ1) is 6.15. The Kier molecular flexibility index (Phi) is 5.98. The average molecular weight is 193 g/mol. The van der Waals surface area contributed by atoms with Gasteiger partial charge in [-0.25, -0.2) is 0 Å². The number of hydrogen-bond acceptors (Lipinski definition) is 2. The van der Waals surface area contributed by atoms with Crippen molar-refractivity contribution in [3.63, 3.8) is 0 Å². The van der Waals surface area contributed by atoms with Crippen molar-refractivity contribution in [3.8, 4) is 0 Å². The monoisotopic (exact) mass is 193 g/mol. The Morgan fingerprint density at radius 3 is 2.31 bits per heavy atom. The maximum Gasteiger partial charge on any atom is 0.0655 e. The van der Waals surface area contributed by atoms with Gasteiger partial charge < -0.3 is 0 Å². The van der Waals surface area contributed by atoms with Crippen LogP contribution in [0.25, 0.3) is 0 Å². The second kappa shape index (κ2) is 6.49. The molecule has 0 bridgehead atoms. The number of nitrogens with zero attached hydrogens (tertiary/aromatic N) is 1. The van der Waals surface area contributed by atoms with Crippen LogP contribution in [0.15, 0.2) is 52.6 Å². The molecule has 0 rings (SSSR count). The molecule has 0 aromatic heterocycles. The molecule has 0 unspecified atom stereocenters. The molecular formula is C11H15NS. The van der Waals surface area contributed by atoms with Gasteiger partial charge in [-0.2, -0.15) is 0 Å². The largest absolute Gasteiger partial charge is 0.261 e. The van der Waals surface area contributed by atoms with Crippen molar-refractivity contribution in [1.82, 2.24) is 0 Å². The van der Waals surface area contributed by atoms with Gasteiger partial charge in [0.1, 0.15) is 0 Å². The highest BCUT2D eigenvalue weighted by molar-refractivity contribution is 7.84. The Hall–Kier alpha value is -1.02. The molecule has 0 aliphatic carbocycles. The summed E-state index contributed by atoms with van der Waals surface area (Å²) < 4.78 is 0. The van der Waals surface area contributed by atoms with Crippen LogP contribution < -0.4 is 0 Å². The summed E-state index contributed by atoms with van der Waals surface area (Å²) in [4.78, 5) is 4.88. The Morgan fingerprint density at radius 2 is 2.00 bits per heavy atom. The van der Waals surface area contributed by atoms with Gasteiger partial charge in [-0.3, -0.25) is 4.99 Å². The van der Waals surface area contributed by atoms with Crippen molar-refractivity contribution in [2.75, 3.05) is 0 Å². The molecule has 2 heteroatoms. The van der Waals surface area contributed by atoms with E-state index in [1.807, 2.05) is 26.0 Å². The molecule has 0 aliphatic heterocycles. The minimum atomic E-state index is 0.695. The number of allylic oxidation sites excluding steroid dienone is 3. The summed E-state index contributed by atoms with van der Waals surface area (Å²) in [7, 11) is 0. The Morgan fingerprint density at radius 1 is 1.38 bits per heavy atom. The van der Waals surface area contributed by atoms with Crippen molar-refractivity contribution in [3.05, 3.63) is 47.6 Å². The third kappa shape index (κ3) is 4.53. The Balaban J connectivity index is 4.96. The van der Waals surface area contributed by atoms with E-state index in [0.717, 1.165) is 11.3 Å². The second-order valence-corrected chi connectivity index (χ2v) is 2.93. The highest BCUT2D eigenvalue weighted by atomic mass is 32.1. The zero-order valence-corrected chi connectivity index (χ0v) is 9.01. The van der Waals surface area contributed by atoms with Gasteiger partial charge in [0.2, 0.25) is 0 Å². The smallest absolute Gasteiger partial charge is 0.0655 e. The normalized spacial score (nSPS) is 13.5. The predicted molar refractivity (Wildman–Crippen MR) is 64.3 cm³/mol. The molecular weight excluding hydrogens is 178 g/mol. The van der Waals surface area contributed by atoms with E-state index in [1.165, 1.54) is 0 Å². The van der Waals surface area contributed by atoms with E-state index in [-0.39, 0.29) is 0 Å². The first kappa shape index (κ1) is 12.0. The van der Waals surface area contributed by atoms with E-state index >= 15 is 0 Å². The maximum absolute atomic E-state index is 4.19. The second-order valence-electron chi connectivity index (χ2n) is 2.36. The third-order valence-electron chi connectivity index (χ3n) is 1.38. The highest BCUT2D eigenvalue weighted by Gasteiger charge is 1.96. The van der Waals surface area contributed by atoms with Crippen LogP contribution >= 0.6 is 12.6 Å². The molecule has 0 radical (unpaired) electrons. The third-order valence-corrected chi connectivity index (χ3v) is 1.51. The zero-order valence-electron chi connectivity index (χ0n) is 8.12. The lowest BCUT2D eigenvalue weighted by atomic mass is 10.1. The molecule has 0 aliphatic rings. The summed E-state index contributed by atoms with van der Waals surface area (Å²) in [6.07, 6.45) is 7.24. The Labute approximate surface area is 85.7 Å². The molecule has 13 heavy (non-hydrogen) atoms. The van der Waals surface area contributed by atoms with E-state index in [2.05, 4.69) is 30.8 Å². The van der Waals surface area contributed by atoms with E-state index < -0.39 is 0 Å². The number of hydrogen-bond donors (Lipinski definition) is 1. The fraction of sp³-hybridized carbons (Fsp3) is 0.182. The fourth-order valence-corrected chi connectivity index (χ4v) is 1.01. The minimum absolute atomic E-state index is 0.695. The van der Waals surface area contributed by atoms with Gasteiger partial charge in [-0.1, -0.05) is 25.3 Å². The topological polar surface area (TPSA) is 12.4 Å². The molecule has 0 atom stereocenters. The van der Waals surface area contributed by atoms with Gasteiger partial charge in [-0.05, 0) is 24.8 Å². The predicted octanol–water partition coefficient (Wildman–Crippen LogP) is 3.54. The average Bonchev–Trinajstić information content (AvgIpc) is 2.10. The molecule has 0 saturated heterocycles. The molecule has 0 spiro atoms. The van der Waals surface area contributed by atoms with Crippen LogP contribution in [-0.4, -0.2) is 6.21 Å². The summed E-state index contributed by atoms with van der Waals surface area (Å²) in [6, 6.07) is 0. The fourth-order valence-electron chi connectivity index (χ4n) is 0.872. The van der Waals surface area contributed by atoms with Crippen molar-refractivity contribution in [2.24, 2.45) is 4.99 Å². The summed E-state index contributed by atoms with van der Waals surface area (Å²) in [5.41, 5.74) is 1.81. The zero-order chi connectivity index (χ0) is 10.3. The number of aliphatic imine (C=N–C) groups is 1. The molecule has 0 heterocycles. The molecule has 1 nitrogen and oxygen atoms in total. The summed E-state index contributed by atoms with van der Waals surface area (Å²) >= 11 is 4.10. The maximum atomic E-state index is 4.19. The van der Waals surface area contributed by atoms with Gasteiger partial charge >= 0.3 is 0 Å². The number of thiol groups is 1. The minimum Gasteiger partial charge on any atom is -0.261 e. The molecule has 0 amide bonds. The lowest BCUT2D eigenvalue weighted by Crippen LogP contribution is -1.83. The first-order valence-corrected chi connectivity index (χ1v) is 4.47. The van der Waals surface area contributed by atoms with Crippen LogP contribution in [0.4, 0.5) is 0 Å². The van der Waals surface area contributed by atoms with Crippen LogP contribution in [0.1, 0.15) is 13.8 Å². The van der Waals surface area contributed by atoms with Crippen LogP contribution in [-0.2, 0) is 0 Å². The van der Waals surface area contributed by atoms with E-state index in [0.29, 0.717) is 4.91 Å². The lowest BCUT2D eigenvalue weighted by Gasteiger charge is -2.01. The van der Waals surface area contributed by atoms with Crippen molar-refractivity contribution in [1.29, 1.82) is 0 Å². The van der Waals surface area contributed by atoms with Crippen LogP contribution in [0.5, 0.6) is 0 Å². The van der Waals surface area contributed by atoms with Crippen molar-refractivity contribution < 1.29 is 0 Å². The lowest BCUT2D eigenvalue weighted by molar-refractivity contribution is 1.33. The van der Waals surface area contributed by atoms with E-state index in [4.69, 9.17) is 0 Å². The molecule has 0 fully saturated rings. The summed E-state index contributed by atoms with van der Waals surface area (Å²) in [5, 5.41) is 0. The van der Waals surface area contributed by atoms with Crippen molar-refractivity contribution in [2.45, 2.75) is 13.8 Å². The summed E-state index contributed by atoms with van der Waals surface area (Å²) in [5.74, 6) is 0. The molecule has 0 N–H and O–H groups in total. The molecule has 0 aromatic rings. The molecule has 0 saturated carbocycles. The van der Waals surface area contributed by atoms with Crippen molar-refractivity contribution >= 4 is 18.8 Å². The summed E-state index contributed by atoms with van der Waals surface area (Å²) in [6.45, 7) is 11.2. The highest BCUT2D eigenvalue weighted by Crippen LogP contribution is 2.15. The molecule has 0 aromatic carbocycles. The SMILES string of the molecule is C=CC(=C/C(=C)S)/C(=C\C)N=CC. The van der Waals surface area contributed by atoms with Gasteiger partial charge in [0.25, 0.3) is 0 Å². The van der Waals surface area contributed by atoms with Gasteiger partial charge in [-0.15, -0.1) is 12.6 Å². The quantitative estimate of drug-likeness (QED) is 0.398. The molecule has 70 valence electrons. The van der Waals surface area contributed by atoms with Crippen LogP contribution in [0.3, 0.4) is 0 Å². The standard InChI is InChI=1S/C11H15NS/c1-5-10(8-9(4)13)11(6-2)12-7-3/h5-8,13H,1,4H2,2-3H3/b10-8-,11-6+,12-7?. The van der Waals surface area contributed by atoms with Crippen LogP contribution in [0.2, 0.25) is 0 Å². The number of rotatable bonds is 4. The van der Waals surface area contributed by atoms with E-state index in [9.17, 15) is 0 Å². The Bertz CT molecular complexity index is 282. The van der Waals surface area contributed by atoms with E-state index in [1.54, 1.807) is 12.3 Å². The van der Waals surface area contributed by atoms with Gasteiger partial charge in [0, 0.05) is 11.8 Å². The first-order valence-electron chi connectivity index (χ1n) is 4.03. The van der Waals surface area contributed by atoms with Crippen LogP contribution in [0, 0.1) is 0 Å². The van der Waals surface area contributed by atoms with Gasteiger partial charge in [0.05, 0.1) is 5.70 Å². The van der Waals surface area contributed by atoms with Gasteiger partial charge in [0.15, 0.2) is 0 Å².